The number of fused-ring (bicyclic) bond motifs is 2. The Morgan fingerprint density at radius 2 is 1.83 bits per heavy atom. The van der Waals surface area contributed by atoms with Crippen LogP contribution >= 0.6 is 0 Å². The molecule has 0 aromatic heterocycles. The first-order chi connectivity index (χ1) is 11.2. The van der Waals surface area contributed by atoms with Gasteiger partial charge in [-0.15, -0.1) is 0 Å². The maximum atomic E-state index is 11.7. The van der Waals surface area contributed by atoms with E-state index in [-0.39, 0.29) is 28.8 Å². The lowest BCUT2D eigenvalue weighted by Crippen LogP contribution is -2.60. The zero-order chi connectivity index (χ0) is 17.4. The fraction of sp³-hybridized carbons (Fsp3) is 0.950. The minimum Gasteiger partial charge on any atom is -0.479 e. The van der Waals surface area contributed by atoms with Crippen molar-refractivity contribution in [2.45, 2.75) is 77.2 Å². The second kappa shape index (κ2) is 4.97. The molecule has 2 bridgehead atoms. The van der Waals surface area contributed by atoms with Crippen molar-refractivity contribution in [3.63, 3.8) is 0 Å². The number of carbonyl (C=O) groups is 1. The zero-order valence-electron chi connectivity index (χ0n) is 15.1. The van der Waals surface area contributed by atoms with Gasteiger partial charge in [0.25, 0.3) is 0 Å². The monoisotopic (exact) mass is 336 g/mol. The van der Waals surface area contributed by atoms with E-state index in [4.69, 9.17) is 0 Å². The Kier molecular flexibility index (Phi) is 3.49. The van der Waals surface area contributed by atoms with Gasteiger partial charge < -0.3 is 15.3 Å². The van der Waals surface area contributed by atoms with Gasteiger partial charge in [0, 0.05) is 6.61 Å². The van der Waals surface area contributed by atoms with Crippen molar-refractivity contribution in [1.82, 2.24) is 0 Å². The van der Waals surface area contributed by atoms with Gasteiger partial charge in [-0.3, -0.25) is 0 Å². The third-order valence-corrected chi connectivity index (χ3v) is 9.32. The molecule has 0 amide bonds. The largest absolute Gasteiger partial charge is 0.479 e. The normalized spacial score (nSPS) is 56.4. The lowest BCUT2D eigenvalue weighted by Gasteiger charge is -2.65. The Morgan fingerprint density at radius 1 is 1.08 bits per heavy atom. The fourth-order valence-electron chi connectivity index (χ4n) is 8.00. The molecule has 136 valence electrons. The molecule has 0 heterocycles. The summed E-state index contributed by atoms with van der Waals surface area (Å²) in [7, 11) is 0. The van der Waals surface area contributed by atoms with E-state index in [1.165, 1.54) is 6.42 Å². The van der Waals surface area contributed by atoms with Crippen LogP contribution in [-0.2, 0) is 4.79 Å². The molecule has 0 aliphatic heterocycles. The van der Waals surface area contributed by atoms with Crippen LogP contribution in [0.15, 0.2) is 0 Å². The highest BCUT2D eigenvalue weighted by Crippen LogP contribution is 2.75. The molecule has 4 nitrogen and oxygen atoms in total. The van der Waals surface area contributed by atoms with E-state index < -0.39 is 11.6 Å². The van der Waals surface area contributed by atoms with Crippen LogP contribution in [0.4, 0.5) is 0 Å². The average molecular weight is 336 g/mol. The molecule has 0 radical (unpaired) electrons. The average Bonchev–Trinajstić information content (AvgIpc) is 2.88. The summed E-state index contributed by atoms with van der Waals surface area (Å²) in [4.78, 5) is 11.7. The van der Waals surface area contributed by atoms with Crippen molar-refractivity contribution < 1.29 is 20.1 Å². The number of aliphatic hydroxyl groups is 2. The number of carboxylic acid groups (broad SMARTS) is 1. The molecule has 4 fully saturated rings. The predicted octanol–water partition coefficient (Wildman–Crippen LogP) is 3.21. The van der Waals surface area contributed by atoms with Crippen LogP contribution in [0.3, 0.4) is 0 Å². The molecule has 4 heteroatoms. The highest BCUT2D eigenvalue weighted by molar-refractivity contribution is 5.78. The smallest absolute Gasteiger partial charge is 0.335 e. The van der Waals surface area contributed by atoms with Gasteiger partial charge in [0.2, 0.25) is 0 Å². The quantitative estimate of drug-likeness (QED) is 0.723. The molecule has 1 spiro atoms. The van der Waals surface area contributed by atoms with Gasteiger partial charge in [-0.25, -0.2) is 4.79 Å². The van der Waals surface area contributed by atoms with Crippen LogP contribution in [0, 0.1) is 34.0 Å². The van der Waals surface area contributed by atoms with E-state index in [1.807, 2.05) is 0 Å². The van der Waals surface area contributed by atoms with Crippen molar-refractivity contribution in [2.24, 2.45) is 34.0 Å². The lowest BCUT2D eigenvalue weighted by atomic mass is 9.39. The third-order valence-electron chi connectivity index (χ3n) is 9.32. The highest BCUT2D eigenvalue weighted by Gasteiger charge is 2.70. The van der Waals surface area contributed by atoms with E-state index in [0.717, 1.165) is 44.9 Å². The van der Waals surface area contributed by atoms with Gasteiger partial charge in [0.1, 0.15) is 0 Å². The summed E-state index contributed by atoms with van der Waals surface area (Å²) >= 11 is 0. The van der Waals surface area contributed by atoms with Crippen molar-refractivity contribution in [1.29, 1.82) is 0 Å². The summed E-state index contributed by atoms with van der Waals surface area (Å²) in [6.07, 6.45) is 8.74. The summed E-state index contributed by atoms with van der Waals surface area (Å²) in [5.41, 5.74) is -1.14. The summed E-state index contributed by atoms with van der Waals surface area (Å²) in [6, 6.07) is 0. The molecule has 0 saturated heterocycles. The SMILES string of the molecule is C[C@@]1(CO)CCC[C@@]2(C)[C@H]1CC[C@H]1C[C@@H]3C[C@@]12CC[C@]3(O)C(=O)O. The maximum absolute atomic E-state index is 11.7. The first-order valence-corrected chi connectivity index (χ1v) is 9.78. The molecule has 4 aliphatic carbocycles. The lowest BCUT2D eigenvalue weighted by molar-refractivity contribution is -0.193. The molecule has 24 heavy (non-hydrogen) atoms. The van der Waals surface area contributed by atoms with Gasteiger partial charge in [-0.2, -0.15) is 0 Å². The van der Waals surface area contributed by atoms with Crippen LogP contribution in [0.2, 0.25) is 0 Å². The Morgan fingerprint density at radius 3 is 2.50 bits per heavy atom. The second-order valence-corrected chi connectivity index (χ2v) is 9.93. The third kappa shape index (κ3) is 1.79. The zero-order valence-corrected chi connectivity index (χ0v) is 15.1. The fourth-order valence-corrected chi connectivity index (χ4v) is 8.00. The molecule has 0 aromatic carbocycles. The van der Waals surface area contributed by atoms with Gasteiger partial charge in [0.15, 0.2) is 5.60 Å². The Balaban J connectivity index is 1.74. The Hall–Kier alpha value is -0.610. The first kappa shape index (κ1) is 16.8. The highest BCUT2D eigenvalue weighted by atomic mass is 16.4. The van der Waals surface area contributed by atoms with Crippen LogP contribution in [0.25, 0.3) is 0 Å². The van der Waals surface area contributed by atoms with E-state index >= 15 is 0 Å². The second-order valence-electron chi connectivity index (χ2n) is 9.93. The predicted molar refractivity (Wildman–Crippen MR) is 90.3 cm³/mol. The minimum absolute atomic E-state index is 0.00531. The number of aliphatic hydroxyl groups excluding tert-OH is 1. The van der Waals surface area contributed by atoms with Crippen molar-refractivity contribution >= 4 is 5.97 Å². The number of aliphatic carboxylic acids is 1. The minimum atomic E-state index is -1.51. The Bertz CT molecular complexity index is 562. The number of carboxylic acids is 1. The molecule has 4 saturated carbocycles. The van der Waals surface area contributed by atoms with Crippen LogP contribution in [-0.4, -0.2) is 33.5 Å². The summed E-state index contributed by atoms with van der Waals surface area (Å²) in [5.74, 6) is -0.0360. The molecule has 7 atom stereocenters. The first-order valence-electron chi connectivity index (χ1n) is 9.78. The maximum Gasteiger partial charge on any atom is 0.335 e. The molecule has 4 aliphatic rings. The number of hydrogen-bond acceptors (Lipinski definition) is 3. The van der Waals surface area contributed by atoms with Gasteiger partial charge >= 0.3 is 5.97 Å². The molecular weight excluding hydrogens is 304 g/mol. The molecule has 0 unspecified atom stereocenters. The molecular formula is C20H32O4. The van der Waals surface area contributed by atoms with Crippen molar-refractivity contribution in [3.8, 4) is 0 Å². The summed E-state index contributed by atoms with van der Waals surface area (Å²) < 4.78 is 0. The number of hydrogen-bond donors (Lipinski definition) is 3. The van der Waals surface area contributed by atoms with E-state index in [9.17, 15) is 20.1 Å². The van der Waals surface area contributed by atoms with E-state index in [1.54, 1.807) is 0 Å². The van der Waals surface area contributed by atoms with Gasteiger partial charge in [-0.1, -0.05) is 20.3 Å². The van der Waals surface area contributed by atoms with Crippen LogP contribution in [0.1, 0.15) is 71.6 Å². The molecule has 4 rings (SSSR count). The topological polar surface area (TPSA) is 77.8 Å². The molecule has 3 N–H and O–H groups in total. The summed E-state index contributed by atoms with van der Waals surface area (Å²) in [6.45, 7) is 4.95. The standard InChI is InChI=1S/C20H32O4/c1-17(12-21)6-3-7-18(2)15(17)5-4-13-10-14-11-19(13,18)8-9-20(14,24)16(22)23/h13-15,21,24H,3-12H2,1-2H3,(H,22,23)/t13-,14+,15-,17-,18-,19-,20+/m0/s1. The van der Waals surface area contributed by atoms with Crippen LogP contribution < -0.4 is 0 Å². The van der Waals surface area contributed by atoms with E-state index in [0.29, 0.717) is 18.3 Å². The van der Waals surface area contributed by atoms with Gasteiger partial charge in [-0.05, 0) is 85.4 Å². The van der Waals surface area contributed by atoms with Crippen molar-refractivity contribution in [3.05, 3.63) is 0 Å². The number of rotatable bonds is 2. The molecule has 0 aromatic rings. The Labute approximate surface area is 144 Å². The van der Waals surface area contributed by atoms with Gasteiger partial charge in [0.05, 0.1) is 0 Å². The summed E-state index contributed by atoms with van der Waals surface area (Å²) in [5, 5.41) is 30.5. The van der Waals surface area contributed by atoms with E-state index in [2.05, 4.69) is 13.8 Å². The van der Waals surface area contributed by atoms with Crippen LogP contribution in [0.5, 0.6) is 0 Å². The van der Waals surface area contributed by atoms with Crippen molar-refractivity contribution in [2.75, 3.05) is 6.61 Å².